The molecule has 0 aromatic heterocycles. The van der Waals surface area contributed by atoms with E-state index in [4.69, 9.17) is 10.5 Å². The van der Waals surface area contributed by atoms with Crippen molar-refractivity contribution in [3.63, 3.8) is 0 Å². The number of nitrogens with one attached hydrogen (secondary N) is 1. The number of methoxy groups -OCH3 is 1. The van der Waals surface area contributed by atoms with E-state index in [1.165, 1.54) is 12.8 Å². The van der Waals surface area contributed by atoms with Crippen molar-refractivity contribution in [3.05, 3.63) is 29.8 Å². The van der Waals surface area contributed by atoms with E-state index in [1.807, 2.05) is 25.1 Å². The molecule has 22 heavy (non-hydrogen) atoms. The third-order valence-electron chi connectivity index (χ3n) is 4.08. The number of nitrogens with zero attached hydrogens (tertiary/aromatic N) is 1. The zero-order chi connectivity index (χ0) is 15.9. The Balaban J connectivity index is 2.11. The van der Waals surface area contributed by atoms with Gasteiger partial charge in [0.05, 0.1) is 13.2 Å². The highest BCUT2D eigenvalue weighted by Crippen LogP contribution is 2.31. The van der Waals surface area contributed by atoms with E-state index in [2.05, 4.69) is 16.3 Å². The molecule has 1 aliphatic heterocycles. The van der Waals surface area contributed by atoms with Gasteiger partial charge in [0.2, 0.25) is 5.91 Å². The van der Waals surface area contributed by atoms with Gasteiger partial charge in [-0.05, 0) is 38.9 Å². The molecular weight excluding hydrogens is 278 g/mol. The monoisotopic (exact) mass is 305 g/mol. The first-order chi connectivity index (χ1) is 10.6. The maximum absolute atomic E-state index is 11.9. The van der Waals surface area contributed by atoms with Gasteiger partial charge in [-0.15, -0.1) is 0 Å². The Morgan fingerprint density at radius 2 is 2.05 bits per heavy atom. The first-order valence-electron chi connectivity index (χ1n) is 8.01. The largest absolute Gasteiger partial charge is 0.496 e. The van der Waals surface area contributed by atoms with Crippen LogP contribution in [0.25, 0.3) is 0 Å². The lowest BCUT2D eigenvalue weighted by molar-refractivity contribution is -0.121. The predicted octanol–water partition coefficient (Wildman–Crippen LogP) is 1.69. The molecule has 1 aromatic carbocycles. The van der Waals surface area contributed by atoms with E-state index >= 15 is 0 Å². The molecule has 0 aliphatic carbocycles. The van der Waals surface area contributed by atoms with Gasteiger partial charge in [0.1, 0.15) is 5.75 Å². The normalized spacial score (nSPS) is 18.0. The second-order valence-electron chi connectivity index (χ2n) is 5.99. The standard InChI is InChI=1S/C17H27N3O2/c1-13(18)11-17(21)19-12-15(20-9-5-6-10-20)14-7-3-4-8-16(14)22-2/h3-4,7-8,13,15H,5-6,9-12,18H2,1-2H3,(H,19,21). The Hall–Kier alpha value is -1.59. The van der Waals surface area contributed by atoms with E-state index in [0.29, 0.717) is 13.0 Å². The third kappa shape index (κ3) is 4.45. The maximum atomic E-state index is 11.9. The first kappa shape index (κ1) is 16.8. The summed E-state index contributed by atoms with van der Waals surface area (Å²) >= 11 is 0. The summed E-state index contributed by atoms with van der Waals surface area (Å²) in [7, 11) is 1.69. The van der Waals surface area contributed by atoms with Crippen LogP contribution in [-0.2, 0) is 4.79 Å². The van der Waals surface area contributed by atoms with Crippen molar-refractivity contribution in [3.8, 4) is 5.75 Å². The number of rotatable bonds is 7. The second kappa shape index (κ2) is 8.15. The predicted molar refractivity (Wildman–Crippen MR) is 87.8 cm³/mol. The molecule has 1 aliphatic rings. The fourth-order valence-corrected chi connectivity index (χ4v) is 3.01. The molecule has 122 valence electrons. The number of likely N-dealkylation sites (tertiary alicyclic amines) is 1. The van der Waals surface area contributed by atoms with E-state index in [-0.39, 0.29) is 18.0 Å². The summed E-state index contributed by atoms with van der Waals surface area (Å²) in [6, 6.07) is 8.08. The fourth-order valence-electron chi connectivity index (χ4n) is 3.01. The molecule has 0 spiro atoms. The van der Waals surface area contributed by atoms with E-state index in [1.54, 1.807) is 7.11 Å². The summed E-state index contributed by atoms with van der Waals surface area (Å²) < 4.78 is 5.50. The molecular formula is C17H27N3O2. The number of ether oxygens (including phenoxy) is 1. The van der Waals surface area contributed by atoms with E-state index in [0.717, 1.165) is 24.4 Å². The summed E-state index contributed by atoms with van der Waals surface area (Å²) in [4.78, 5) is 14.3. The first-order valence-corrected chi connectivity index (χ1v) is 8.01. The Labute approximate surface area is 132 Å². The van der Waals surface area contributed by atoms with Gasteiger partial charge in [-0.2, -0.15) is 0 Å². The van der Waals surface area contributed by atoms with Crippen LogP contribution in [0.5, 0.6) is 5.75 Å². The fraction of sp³-hybridized carbons (Fsp3) is 0.588. The SMILES string of the molecule is COc1ccccc1C(CNC(=O)CC(C)N)N1CCCC1. The number of amides is 1. The summed E-state index contributed by atoms with van der Waals surface area (Å²) in [5.74, 6) is 0.884. The van der Waals surface area contributed by atoms with Crippen LogP contribution in [0.3, 0.4) is 0 Å². The topological polar surface area (TPSA) is 67.6 Å². The molecule has 0 saturated carbocycles. The van der Waals surface area contributed by atoms with Crippen molar-refractivity contribution in [2.75, 3.05) is 26.7 Å². The smallest absolute Gasteiger partial charge is 0.221 e. The number of carbonyl (C=O) groups excluding carboxylic acids is 1. The van der Waals surface area contributed by atoms with E-state index in [9.17, 15) is 4.79 Å². The van der Waals surface area contributed by atoms with Gasteiger partial charge in [-0.1, -0.05) is 18.2 Å². The average Bonchev–Trinajstić information content (AvgIpc) is 3.01. The van der Waals surface area contributed by atoms with Crippen LogP contribution >= 0.6 is 0 Å². The average molecular weight is 305 g/mol. The molecule has 2 rings (SSSR count). The van der Waals surface area contributed by atoms with Crippen LogP contribution in [0.15, 0.2) is 24.3 Å². The molecule has 0 radical (unpaired) electrons. The minimum Gasteiger partial charge on any atom is -0.496 e. The molecule has 5 heteroatoms. The Morgan fingerprint density at radius 1 is 1.36 bits per heavy atom. The Kier molecular flexibility index (Phi) is 6.21. The lowest BCUT2D eigenvalue weighted by atomic mass is 10.0. The molecule has 1 saturated heterocycles. The van der Waals surface area contributed by atoms with Crippen molar-refractivity contribution < 1.29 is 9.53 Å². The quantitative estimate of drug-likeness (QED) is 0.804. The molecule has 1 fully saturated rings. The van der Waals surface area contributed by atoms with Crippen molar-refractivity contribution >= 4 is 5.91 Å². The molecule has 5 nitrogen and oxygen atoms in total. The van der Waals surface area contributed by atoms with Gasteiger partial charge in [-0.25, -0.2) is 0 Å². The number of benzene rings is 1. The minimum atomic E-state index is -0.114. The second-order valence-corrected chi connectivity index (χ2v) is 5.99. The highest BCUT2D eigenvalue weighted by atomic mass is 16.5. The zero-order valence-electron chi connectivity index (χ0n) is 13.5. The number of para-hydroxylation sites is 1. The Morgan fingerprint density at radius 3 is 2.68 bits per heavy atom. The highest BCUT2D eigenvalue weighted by molar-refractivity contribution is 5.76. The van der Waals surface area contributed by atoms with Gasteiger partial charge < -0.3 is 15.8 Å². The molecule has 0 bridgehead atoms. The summed E-state index contributed by atoms with van der Waals surface area (Å²) in [5, 5.41) is 3.02. The van der Waals surface area contributed by atoms with Crippen LogP contribution in [0.4, 0.5) is 0 Å². The number of hydrogen-bond donors (Lipinski definition) is 2. The molecule has 1 amide bonds. The van der Waals surface area contributed by atoms with Crippen molar-refractivity contribution in [2.45, 2.75) is 38.3 Å². The molecule has 3 N–H and O–H groups in total. The van der Waals surface area contributed by atoms with Gasteiger partial charge in [-0.3, -0.25) is 9.69 Å². The van der Waals surface area contributed by atoms with E-state index < -0.39 is 0 Å². The summed E-state index contributed by atoms with van der Waals surface area (Å²) in [6.45, 7) is 4.56. The van der Waals surface area contributed by atoms with Crippen LogP contribution in [0.1, 0.15) is 37.8 Å². The number of hydrogen-bond acceptors (Lipinski definition) is 4. The van der Waals surface area contributed by atoms with Crippen molar-refractivity contribution in [1.29, 1.82) is 0 Å². The molecule has 2 atom stereocenters. The van der Waals surface area contributed by atoms with Crippen LogP contribution in [0.2, 0.25) is 0 Å². The molecule has 1 aromatic rings. The van der Waals surface area contributed by atoms with Crippen LogP contribution in [0, 0.1) is 0 Å². The highest BCUT2D eigenvalue weighted by Gasteiger charge is 2.26. The third-order valence-corrected chi connectivity index (χ3v) is 4.08. The van der Waals surface area contributed by atoms with Gasteiger partial charge >= 0.3 is 0 Å². The van der Waals surface area contributed by atoms with Gasteiger partial charge in [0.25, 0.3) is 0 Å². The molecule has 1 heterocycles. The molecule has 2 unspecified atom stereocenters. The lowest BCUT2D eigenvalue weighted by Gasteiger charge is -2.29. The number of carbonyl (C=O) groups is 1. The van der Waals surface area contributed by atoms with Gasteiger partial charge in [0, 0.05) is 24.6 Å². The summed E-state index contributed by atoms with van der Waals surface area (Å²) in [5.41, 5.74) is 6.82. The maximum Gasteiger partial charge on any atom is 0.221 e. The van der Waals surface area contributed by atoms with Gasteiger partial charge in [0.15, 0.2) is 0 Å². The Bertz CT molecular complexity index is 485. The minimum absolute atomic E-state index is 0.00842. The lowest BCUT2D eigenvalue weighted by Crippen LogP contribution is -2.38. The van der Waals surface area contributed by atoms with Crippen LogP contribution < -0.4 is 15.8 Å². The van der Waals surface area contributed by atoms with Crippen LogP contribution in [-0.4, -0.2) is 43.6 Å². The summed E-state index contributed by atoms with van der Waals surface area (Å²) in [6.07, 6.45) is 2.78. The number of nitrogens with two attached hydrogens (primary N) is 1. The van der Waals surface area contributed by atoms with Crippen molar-refractivity contribution in [1.82, 2.24) is 10.2 Å². The zero-order valence-corrected chi connectivity index (χ0v) is 13.5. The van der Waals surface area contributed by atoms with Crippen molar-refractivity contribution in [2.24, 2.45) is 5.73 Å².